The van der Waals surface area contributed by atoms with Crippen LogP contribution in [0.5, 0.6) is 5.75 Å². The number of sulfonamides is 1. The average molecular weight is 587 g/mol. The van der Waals surface area contributed by atoms with Crippen LogP contribution in [-0.2, 0) is 21.4 Å². The fraction of sp³-hybridized carbons (Fsp3) is 0.154. The molecule has 40 heavy (non-hydrogen) atoms. The van der Waals surface area contributed by atoms with Gasteiger partial charge in [0.2, 0.25) is 10.0 Å². The molecule has 0 heterocycles. The first-order valence-electron chi connectivity index (χ1n) is 11.7. The number of halogens is 1. The highest BCUT2D eigenvalue weighted by molar-refractivity contribution is 7.93. The number of nitrogens with zero attached hydrogens (tertiary/aromatic N) is 1. The summed E-state index contributed by atoms with van der Waals surface area (Å²) in [6, 6.07) is 15.1. The lowest BCUT2D eigenvalue weighted by atomic mass is 10.1. The van der Waals surface area contributed by atoms with Gasteiger partial charge in [-0.1, -0.05) is 54.1 Å². The van der Waals surface area contributed by atoms with Gasteiger partial charge in [0.15, 0.2) is 6.61 Å². The molecule has 8 N–H and O–H groups in total. The molecule has 3 aromatic carbocycles. The summed E-state index contributed by atoms with van der Waals surface area (Å²) < 4.78 is 32.6. The Morgan fingerprint density at radius 2 is 1.68 bits per heavy atom. The second-order valence-corrected chi connectivity index (χ2v) is 11.1. The van der Waals surface area contributed by atoms with Crippen molar-refractivity contribution in [2.75, 3.05) is 10.9 Å². The van der Waals surface area contributed by atoms with Crippen LogP contribution in [-0.4, -0.2) is 38.7 Å². The van der Waals surface area contributed by atoms with Crippen LogP contribution in [0.15, 0.2) is 66.7 Å². The molecule has 0 aliphatic heterocycles. The topological polar surface area (TPSA) is 212 Å². The van der Waals surface area contributed by atoms with Gasteiger partial charge in [-0.3, -0.25) is 15.0 Å². The lowest BCUT2D eigenvalue weighted by Crippen LogP contribution is -2.42. The van der Waals surface area contributed by atoms with Gasteiger partial charge in [0.05, 0.1) is 5.69 Å². The monoisotopic (exact) mass is 586 g/mol. The molecule has 0 fully saturated rings. The van der Waals surface area contributed by atoms with Gasteiger partial charge in [-0.2, -0.15) is 4.31 Å². The third kappa shape index (κ3) is 7.07. The second kappa shape index (κ2) is 12.5. The summed E-state index contributed by atoms with van der Waals surface area (Å²) in [6.07, 6.45) is 0. The Hall–Kier alpha value is -4.62. The first-order valence-corrected chi connectivity index (χ1v) is 13.5. The summed E-state index contributed by atoms with van der Waals surface area (Å²) in [5.41, 5.74) is 17.0. The fourth-order valence-corrected chi connectivity index (χ4v) is 5.40. The minimum Gasteiger partial charge on any atom is -0.483 e. The van der Waals surface area contributed by atoms with Crippen LogP contribution in [0.4, 0.5) is 10.5 Å². The zero-order chi connectivity index (χ0) is 29.6. The normalized spacial score (nSPS) is 11.8. The summed E-state index contributed by atoms with van der Waals surface area (Å²) >= 11 is 6.20. The summed E-state index contributed by atoms with van der Waals surface area (Å²) in [4.78, 5) is 36.6. The van der Waals surface area contributed by atoms with E-state index < -0.39 is 39.7 Å². The number of urea groups is 1. The smallest absolute Gasteiger partial charge is 0.333 e. The number of hydrogen-bond donors (Lipinski definition) is 5. The summed E-state index contributed by atoms with van der Waals surface area (Å²) in [6.45, 7) is 0.864. The third-order valence-corrected chi connectivity index (χ3v) is 8.02. The number of hydrogen-bond acceptors (Lipinski definition) is 7. The van der Waals surface area contributed by atoms with Gasteiger partial charge in [-0.25, -0.2) is 13.2 Å². The molecule has 0 aliphatic rings. The molecule has 0 saturated heterocycles. The van der Waals surface area contributed by atoms with Crippen LogP contribution in [0.25, 0.3) is 0 Å². The van der Waals surface area contributed by atoms with Gasteiger partial charge in [-0.05, 0) is 36.8 Å². The summed E-state index contributed by atoms with van der Waals surface area (Å²) in [5, 5.41) is 9.07. The fourth-order valence-electron chi connectivity index (χ4n) is 3.71. The van der Waals surface area contributed by atoms with Crippen molar-refractivity contribution >= 4 is 51.0 Å². The maximum absolute atomic E-state index is 13.4. The van der Waals surface area contributed by atoms with Crippen molar-refractivity contribution < 1.29 is 27.5 Å². The number of nitrogen functional groups attached to an aromatic ring is 1. The zero-order valence-corrected chi connectivity index (χ0v) is 22.8. The number of carbonyl (C=O) groups is 3. The molecular formula is C26H27ClN6O6S. The molecule has 0 aromatic heterocycles. The molecular weight excluding hydrogens is 560 g/mol. The highest BCUT2D eigenvalue weighted by Crippen LogP contribution is 2.31. The number of amidine groups is 1. The number of rotatable bonds is 11. The van der Waals surface area contributed by atoms with Crippen molar-refractivity contribution in [3.05, 3.63) is 94.0 Å². The number of carbonyl (C=O) groups excluding carboxylic acids is 3. The van der Waals surface area contributed by atoms with Crippen molar-refractivity contribution in [2.45, 2.75) is 18.7 Å². The van der Waals surface area contributed by atoms with E-state index in [1.165, 1.54) is 37.3 Å². The molecule has 14 heteroatoms. The molecule has 0 bridgehead atoms. The molecule has 0 aliphatic carbocycles. The highest BCUT2D eigenvalue weighted by atomic mass is 35.5. The summed E-state index contributed by atoms with van der Waals surface area (Å²) in [5.74, 6) is -1.47. The molecule has 3 aromatic rings. The van der Waals surface area contributed by atoms with E-state index in [0.717, 1.165) is 0 Å². The highest BCUT2D eigenvalue weighted by Gasteiger charge is 2.34. The molecule has 3 rings (SSSR count). The number of primary amides is 2. The number of nitrogens with one attached hydrogen (secondary N) is 2. The Morgan fingerprint density at radius 1 is 1.00 bits per heavy atom. The maximum atomic E-state index is 13.4. The molecule has 0 spiro atoms. The number of ether oxygens (including phenoxy) is 1. The Labute approximate surface area is 235 Å². The van der Waals surface area contributed by atoms with Crippen LogP contribution in [0.2, 0.25) is 5.02 Å². The van der Waals surface area contributed by atoms with Gasteiger partial charge in [-0.15, -0.1) is 0 Å². The Morgan fingerprint density at radius 3 is 2.27 bits per heavy atom. The standard InChI is InChI=1S/C26H27ClN6O6S/c1-15(16-5-3-2-4-6-16)40(37,38)33(26(31)36)21-10-19(9-20(27)12-21)25(35)32-13-18-8-7-17(24(29)30)11-22(18)39-14-23(28)34/h2-12,15H,13-14H2,1H3,(H2,28,34)(H3,29,30)(H2,31,36)(H,32,35). The van der Waals surface area contributed by atoms with Crippen LogP contribution < -0.4 is 31.6 Å². The molecule has 210 valence electrons. The first kappa shape index (κ1) is 29.9. The molecule has 0 radical (unpaired) electrons. The van der Waals surface area contributed by atoms with Crippen LogP contribution in [0.3, 0.4) is 0 Å². The van der Waals surface area contributed by atoms with Crippen molar-refractivity contribution in [1.29, 1.82) is 5.41 Å². The Balaban J connectivity index is 1.90. The SMILES string of the molecule is CC(c1ccccc1)S(=O)(=O)N(C(N)=O)c1cc(Cl)cc(C(=O)NCc2ccc(C(=N)N)cc2OCC(N)=O)c1. The van der Waals surface area contributed by atoms with Crippen molar-refractivity contribution in [3.8, 4) is 5.75 Å². The lowest BCUT2D eigenvalue weighted by molar-refractivity contribution is -0.119. The van der Waals surface area contributed by atoms with E-state index in [2.05, 4.69) is 5.32 Å². The van der Waals surface area contributed by atoms with Crippen LogP contribution in [0.1, 0.15) is 39.2 Å². The Kier molecular flexibility index (Phi) is 9.35. The quantitative estimate of drug-likeness (QED) is 0.167. The minimum atomic E-state index is -4.36. The van der Waals surface area contributed by atoms with Gasteiger partial charge >= 0.3 is 6.03 Å². The van der Waals surface area contributed by atoms with E-state index in [1.807, 2.05) is 0 Å². The first-order chi connectivity index (χ1) is 18.8. The van der Waals surface area contributed by atoms with E-state index in [9.17, 15) is 22.8 Å². The van der Waals surface area contributed by atoms with Gasteiger partial charge in [0, 0.05) is 28.3 Å². The van der Waals surface area contributed by atoms with Gasteiger partial charge in [0.1, 0.15) is 16.8 Å². The average Bonchev–Trinajstić information content (AvgIpc) is 2.90. The molecule has 0 saturated carbocycles. The number of nitrogens with two attached hydrogens (primary N) is 3. The Bertz CT molecular complexity index is 1570. The van der Waals surface area contributed by atoms with Crippen LogP contribution >= 0.6 is 11.6 Å². The van der Waals surface area contributed by atoms with Crippen molar-refractivity contribution in [3.63, 3.8) is 0 Å². The third-order valence-electron chi connectivity index (χ3n) is 5.74. The molecule has 1 atom stereocenters. The zero-order valence-electron chi connectivity index (χ0n) is 21.3. The second-order valence-electron chi connectivity index (χ2n) is 8.57. The van der Waals surface area contributed by atoms with E-state index in [0.29, 0.717) is 21.0 Å². The molecule has 1 unspecified atom stereocenters. The number of benzene rings is 3. The number of amides is 4. The summed E-state index contributed by atoms with van der Waals surface area (Å²) in [7, 11) is -4.36. The van der Waals surface area contributed by atoms with E-state index in [1.54, 1.807) is 36.4 Å². The van der Waals surface area contributed by atoms with E-state index >= 15 is 0 Å². The maximum Gasteiger partial charge on any atom is 0.333 e. The van der Waals surface area contributed by atoms with E-state index in [4.69, 9.17) is 38.9 Å². The largest absolute Gasteiger partial charge is 0.483 e. The predicted molar refractivity (Wildman–Crippen MR) is 151 cm³/mol. The molecule has 4 amide bonds. The van der Waals surface area contributed by atoms with Crippen LogP contribution in [0, 0.1) is 5.41 Å². The van der Waals surface area contributed by atoms with Gasteiger partial charge < -0.3 is 27.3 Å². The lowest BCUT2D eigenvalue weighted by Gasteiger charge is -2.25. The molecule has 12 nitrogen and oxygen atoms in total. The number of anilines is 1. The van der Waals surface area contributed by atoms with E-state index in [-0.39, 0.29) is 34.4 Å². The minimum absolute atomic E-state index is 0.0206. The predicted octanol–water partition coefficient (Wildman–Crippen LogP) is 2.39. The van der Waals surface area contributed by atoms with Crippen molar-refractivity contribution in [1.82, 2.24) is 5.32 Å². The van der Waals surface area contributed by atoms with Gasteiger partial charge in [0.25, 0.3) is 11.8 Å². The van der Waals surface area contributed by atoms with Crippen molar-refractivity contribution in [2.24, 2.45) is 17.2 Å².